The second-order valence-corrected chi connectivity index (χ2v) is 6.05. The summed E-state index contributed by atoms with van der Waals surface area (Å²) in [4.78, 5) is 0. The minimum Gasteiger partial charge on any atom is -0.493 e. The summed E-state index contributed by atoms with van der Waals surface area (Å²) < 4.78 is 5.54. The number of nitrogens with one attached hydrogen (secondary N) is 1. The molecular formula is C16H20N2OS. The Morgan fingerprint density at radius 2 is 2.30 bits per heavy atom. The quantitative estimate of drug-likeness (QED) is 0.656. The molecule has 20 heavy (non-hydrogen) atoms. The molecule has 106 valence electrons. The number of benzene rings is 1. The fourth-order valence-electron chi connectivity index (χ4n) is 2.76. The van der Waals surface area contributed by atoms with Crippen LogP contribution in [0.4, 0.5) is 0 Å². The van der Waals surface area contributed by atoms with E-state index in [0.717, 1.165) is 31.6 Å². The number of fused-ring (bicyclic) bond motifs is 1. The van der Waals surface area contributed by atoms with Crippen molar-refractivity contribution in [3.63, 3.8) is 0 Å². The molecule has 1 aromatic heterocycles. The standard InChI is InChI=1S/C16H20N2OS/c1-11-9-20-10-14(11)15(18-17)4-2-12-3-5-16-13(8-12)6-7-19-16/h3,5,8-10,15,18H,2,4,6-7,17H2,1H3. The van der Waals surface area contributed by atoms with Crippen LogP contribution in [0.1, 0.15) is 34.7 Å². The molecule has 3 N–H and O–H groups in total. The first-order valence-corrected chi connectivity index (χ1v) is 7.95. The number of ether oxygens (including phenoxy) is 1. The maximum atomic E-state index is 5.72. The molecule has 0 radical (unpaired) electrons. The lowest BCUT2D eigenvalue weighted by Gasteiger charge is -2.16. The van der Waals surface area contributed by atoms with Crippen LogP contribution >= 0.6 is 11.3 Å². The van der Waals surface area contributed by atoms with Crippen molar-refractivity contribution in [1.82, 2.24) is 5.43 Å². The maximum absolute atomic E-state index is 5.72. The average Bonchev–Trinajstić information content (AvgIpc) is 3.08. The number of nitrogens with two attached hydrogens (primary N) is 1. The van der Waals surface area contributed by atoms with Crippen LogP contribution in [-0.2, 0) is 12.8 Å². The Labute approximate surface area is 123 Å². The van der Waals surface area contributed by atoms with E-state index in [9.17, 15) is 0 Å². The molecule has 0 saturated carbocycles. The molecule has 1 unspecified atom stereocenters. The van der Waals surface area contributed by atoms with Crippen LogP contribution in [0.5, 0.6) is 5.75 Å². The van der Waals surface area contributed by atoms with Crippen molar-refractivity contribution in [1.29, 1.82) is 0 Å². The molecule has 2 aromatic rings. The second kappa shape index (κ2) is 5.95. The highest BCUT2D eigenvalue weighted by Crippen LogP contribution is 2.28. The first kappa shape index (κ1) is 13.6. The Balaban J connectivity index is 1.68. The van der Waals surface area contributed by atoms with Crippen molar-refractivity contribution in [3.05, 3.63) is 51.2 Å². The van der Waals surface area contributed by atoms with E-state index in [1.54, 1.807) is 11.3 Å². The highest BCUT2D eigenvalue weighted by Gasteiger charge is 2.15. The Morgan fingerprint density at radius 3 is 3.05 bits per heavy atom. The summed E-state index contributed by atoms with van der Waals surface area (Å²) in [5.41, 5.74) is 8.29. The van der Waals surface area contributed by atoms with Gasteiger partial charge in [0.1, 0.15) is 5.75 Å². The van der Waals surface area contributed by atoms with Gasteiger partial charge < -0.3 is 4.74 Å². The van der Waals surface area contributed by atoms with E-state index in [2.05, 4.69) is 41.3 Å². The first-order chi connectivity index (χ1) is 9.78. The lowest BCUT2D eigenvalue weighted by Crippen LogP contribution is -2.28. The molecule has 0 bridgehead atoms. The molecule has 1 atom stereocenters. The summed E-state index contributed by atoms with van der Waals surface area (Å²) in [5.74, 6) is 6.77. The van der Waals surface area contributed by atoms with Gasteiger partial charge in [0.15, 0.2) is 0 Å². The number of hydrazine groups is 1. The Kier molecular flexibility index (Phi) is 4.05. The highest BCUT2D eigenvalue weighted by molar-refractivity contribution is 7.08. The Morgan fingerprint density at radius 1 is 1.40 bits per heavy atom. The van der Waals surface area contributed by atoms with Gasteiger partial charge in [-0.2, -0.15) is 11.3 Å². The number of thiophene rings is 1. The molecule has 0 aliphatic carbocycles. The topological polar surface area (TPSA) is 47.3 Å². The molecule has 0 fully saturated rings. The fourth-order valence-corrected chi connectivity index (χ4v) is 3.67. The van der Waals surface area contributed by atoms with Crippen molar-refractivity contribution in [2.45, 2.75) is 32.2 Å². The molecule has 3 rings (SSSR count). The normalized spacial score (nSPS) is 14.9. The highest BCUT2D eigenvalue weighted by atomic mass is 32.1. The SMILES string of the molecule is Cc1cscc1C(CCc1ccc2c(c1)CCO2)NN. The monoisotopic (exact) mass is 288 g/mol. The van der Waals surface area contributed by atoms with Crippen LogP contribution in [0.2, 0.25) is 0 Å². The maximum Gasteiger partial charge on any atom is 0.122 e. The predicted molar refractivity (Wildman–Crippen MR) is 83.1 cm³/mol. The summed E-state index contributed by atoms with van der Waals surface area (Å²) in [6.45, 7) is 2.96. The van der Waals surface area contributed by atoms with Gasteiger partial charge in [0.25, 0.3) is 0 Å². The van der Waals surface area contributed by atoms with Crippen LogP contribution in [0.15, 0.2) is 29.0 Å². The lowest BCUT2D eigenvalue weighted by atomic mass is 9.98. The van der Waals surface area contributed by atoms with Gasteiger partial charge in [0.05, 0.1) is 6.61 Å². The van der Waals surface area contributed by atoms with Crippen LogP contribution < -0.4 is 16.0 Å². The lowest BCUT2D eigenvalue weighted by molar-refractivity contribution is 0.357. The minimum atomic E-state index is 0.228. The van der Waals surface area contributed by atoms with Gasteiger partial charge in [-0.15, -0.1) is 0 Å². The first-order valence-electron chi connectivity index (χ1n) is 7.01. The van der Waals surface area contributed by atoms with Crippen LogP contribution in [-0.4, -0.2) is 6.61 Å². The zero-order chi connectivity index (χ0) is 13.9. The molecule has 2 heterocycles. The molecule has 0 amide bonds. The summed E-state index contributed by atoms with van der Waals surface area (Å²) in [5, 5.41) is 4.36. The van der Waals surface area contributed by atoms with E-state index in [4.69, 9.17) is 10.6 Å². The summed E-state index contributed by atoms with van der Waals surface area (Å²) in [7, 11) is 0. The van der Waals surface area contributed by atoms with E-state index in [1.807, 2.05) is 0 Å². The molecule has 1 aliphatic heterocycles. The van der Waals surface area contributed by atoms with Crippen molar-refractivity contribution in [3.8, 4) is 5.75 Å². The molecule has 1 aromatic carbocycles. The van der Waals surface area contributed by atoms with Gasteiger partial charge in [-0.25, -0.2) is 0 Å². The van der Waals surface area contributed by atoms with Gasteiger partial charge in [-0.3, -0.25) is 11.3 Å². The fraction of sp³-hybridized carbons (Fsp3) is 0.375. The molecule has 1 aliphatic rings. The second-order valence-electron chi connectivity index (χ2n) is 5.31. The van der Waals surface area contributed by atoms with E-state index in [0.29, 0.717) is 0 Å². The third kappa shape index (κ3) is 2.73. The largest absolute Gasteiger partial charge is 0.493 e. The van der Waals surface area contributed by atoms with Gasteiger partial charge in [-0.1, -0.05) is 12.1 Å². The predicted octanol–water partition coefficient (Wildman–Crippen LogP) is 3.13. The Bertz CT molecular complexity index is 594. The number of rotatable bonds is 5. The molecule has 0 spiro atoms. The van der Waals surface area contributed by atoms with Crippen LogP contribution in [0, 0.1) is 6.92 Å². The number of hydrogen-bond donors (Lipinski definition) is 2. The smallest absolute Gasteiger partial charge is 0.122 e. The van der Waals surface area contributed by atoms with E-state index >= 15 is 0 Å². The molecular weight excluding hydrogens is 268 g/mol. The van der Waals surface area contributed by atoms with Crippen molar-refractivity contribution < 1.29 is 4.74 Å². The number of aryl methyl sites for hydroxylation is 2. The minimum absolute atomic E-state index is 0.228. The molecule has 0 saturated heterocycles. The molecule has 3 nitrogen and oxygen atoms in total. The zero-order valence-electron chi connectivity index (χ0n) is 11.7. The average molecular weight is 288 g/mol. The Hall–Kier alpha value is -1.36. The van der Waals surface area contributed by atoms with Crippen LogP contribution in [0.25, 0.3) is 0 Å². The summed E-state index contributed by atoms with van der Waals surface area (Å²) >= 11 is 1.74. The van der Waals surface area contributed by atoms with Gasteiger partial charge in [-0.05, 0) is 58.8 Å². The molecule has 4 heteroatoms. The summed E-state index contributed by atoms with van der Waals surface area (Å²) in [6, 6.07) is 6.76. The van der Waals surface area contributed by atoms with Crippen molar-refractivity contribution in [2.75, 3.05) is 6.61 Å². The van der Waals surface area contributed by atoms with E-state index < -0.39 is 0 Å². The number of hydrogen-bond acceptors (Lipinski definition) is 4. The van der Waals surface area contributed by atoms with Crippen LogP contribution in [0.3, 0.4) is 0 Å². The van der Waals surface area contributed by atoms with Crippen molar-refractivity contribution >= 4 is 11.3 Å². The van der Waals surface area contributed by atoms with Gasteiger partial charge >= 0.3 is 0 Å². The van der Waals surface area contributed by atoms with E-state index in [1.165, 1.54) is 22.3 Å². The van der Waals surface area contributed by atoms with Gasteiger partial charge in [0, 0.05) is 12.5 Å². The van der Waals surface area contributed by atoms with Gasteiger partial charge in [0.2, 0.25) is 0 Å². The third-order valence-electron chi connectivity index (χ3n) is 3.95. The van der Waals surface area contributed by atoms with Crippen molar-refractivity contribution in [2.24, 2.45) is 5.84 Å². The third-order valence-corrected chi connectivity index (χ3v) is 4.83. The van der Waals surface area contributed by atoms with E-state index in [-0.39, 0.29) is 6.04 Å². The summed E-state index contributed by atoms with van der Waals surface area (Å²) in [6.07, 6.45) is 3.07. The zero-order valence-corrected chi connectivity index (χ0v) is 12.5.